The summed E-state index contributed by atoms with van der Waals surface area (Å²) in [7, 11) is 0. The van der Waals surface area contributed by atoms with Crippen LogP contribution >= 0.6 is 35.0 Å². The molecule has 0 fully saturated rings. The summed E-state index contributed by atoms with van der Waals surface area (Å²) in [6.07, 6.45) is 1.14. The van der Waals surface area contributed by atoms with E-state index in [0.717, 1.165) is 18.7 Å². The van der Waals surface area contributed by atoms with E-state index in [0.29, 0.717) is 16.1 Å². The minimum atomic E-state index is 0.560. The Bertz CT molecular complexity index is 331. The van der Waals surface area contributed by atoms with Gasteiger partial charge in [-0.15, -0.1) is 11.8 Å². The summed E-state index contributed by atoms with van der Waals surface area (Å²) in [5.74, 6) is 1.06. The first-order valence-corrected chi connectivity index (χ1v) is 7.22. The number of nitrogens with one attached hydrogen (secondary N) is 1. The van der Waals surface area contributed by atoms with Crippen molar-refractivity contribution in [1.82, 2.24) is 5.32 Å². The molecule has 1 unspecified atom stereocenters. The summed E-state index contributed by atoms with van der Waals surface area (Å²) in [5, 5.41) is 4.69. The summed E-state index contributed by atoms with van der Waals surface area (Å²) in [5.41, 5.74) is 0. The first kappa shape index (κ1) is 14.2. The van der Waals surface area contributed by atoms with Crippen LogP contribution in [0.3, 0.4) is 0 Å². The molecular weight excluding hydrogens is 261 g/mol. The van der Waals surface area contributed by atoms with Crippen molar-refractivity contribution in [3.8, 4) is 0 Å². The van der Waals surface area contributed by atoms with Crippen LogP contribution in [0.2, 0.25) is 10.0 Å². The van der Waals surface area contributed by atoms with E-state index in [1.54, 1.807) is 0 Å². The number of thioether (sulfide) groups is 1. The van der Waals surface area contributed by atoms with Gasteiger partial charge in [0.25, 0.3) is 0 Å². The zero-order chi connectivity index (χ0) is 12.0. The average Bonchev–Trinajstić information content (AvgIpc) is 2.28. The third kappa shape index (κ3) is 4.54. The van der Waals surface area contributed by atoms with E-state index in [9.17, 15) is 0 Å². The molecule has 1 aromatic rings. The average molecular weight is 278 g/mol. The van der Waals surface area contributed by atoms with Gasteiger partial charge in [-0.3, -0.25) is 0 Å². The molecule has 0 amide bonds. The highest BCUT2D eigenvalue weighted by molar-refractivity contribution is 7.99. The maximum atomic E-state index is 5.96. The molecule has 1 nitrogen and oxygen atoms in total. The van der Waals surface area contributed by atoms with Gasteiger partial charge in [0.15, 0.2) is 0 Å². The van der Waals surface area contributed by atoms with Gasteiger partial charge in [0, 0.05) is 16.7 Å². The Morgan fingerprint density at radius 1 is 1.25 bits per heavy atom. The van der Waals surface area contributed by atoms with E-state index in [2.05, 4.69) is 19.2 Å². The normalized spacial score (nSPS) is 12.8. The van der Waals surface area contributed by atoms with Gasteiger partial charge < -0.3 is 5.32 Å². The zero-order valence-electron chi connectivity index (χ0n) is 9.59. The fraction of sp³-hybridized carbons (Fsp3) is 0.500. The second kappa shape index (κ2) is 7.44. The number of benzene rings is 1. The van der Waals surface area contributed by atoms with Crippen LogP contribution in [0.1, 0.15) is 20.3 Å². The molecule has 1 aromatic carbocycles. The van der Waals surface area contributed by atoms with E-state index in [4.69, 9.17) is 23.2 Å². The first-order chi connectivity index (χ1) is 7.67. The van der Waals surface area contributed by atoms with Crippen LogP contribution in [0, 0.1) is 0 Å². The van der Waals surface area contributed by atoms with Crippen molar-refractivity contribution in [2.75, 3.05) is 12.3 Å². The minimum absolute atomic E-state index is 0.560. The highest BCUT2D eigenvalue weighted by Gasteiger charge is 2.06. The summed E-state index contributed by atoms with van der Waals surface area (Å²) in [4.78, 5) is 1.17. The van der Waals surface area contributed by atoms with Gasteiger partial charge in [-0.25, -0.2) is 0 Å². The molecule has 0 bridgehead atoms. The summed E-state index contributed by atoms with van der Waals surface area (Å²) in [6.45, 7) is 5.34. The maximum absolute atomic E-state index is 5.96. The molecule has 16 heavy (non-hydrogen) atoms. The lowest BCUT2D eigenvalue weighted by Crippen LogP contribution is -2.30. The van der Waals surface area contributed by atoms with Crippen molar-refractivity contribution in [1.29, 1.82) is 0 Å². The molecule has 1 N–H and O–H groups in total. The lowest BCUT2D eigenvalue weighted by Gasteiger charge is -2.15. The third-order valence-corrected chi connectivity index (χ3v) is 4.22. The molecule has 4 heteroatoms. The molecule has 0 heterocycles. The Kier molecular flexibility index (Phi) is 6.59. The molecular formula is C12H17Cl2NS. The van der Waals surface area contributed by atoms with Gasteiger partial charge in [-0.05, 0) is 31.2 Å². The van der Waals surface area contributed by atoms with Crippen molar-refractivity contribution >= 4 is 35.0 Å². The standard InChI is InChI=1S/C12H17Cl2NS/c1-3-9(15-4-2)8-16-10-5-6-11(13)12(14)7-10/h5-7,9,15H,3-4,8H2,1-2H3. The van der Waals surface area contributed by atoms with Gasteiger partial charge in [-0.2, -0.15) is 0 Å². The van der Waals surface area contributed by atoms with Gasteiger partial charge in [-0.1, -0.05) is 37.0 Å². The molecule has 0 aliphatic rings. The monoisotopic (exact) mass is 277 g/mol. The quantitative estimate of drug-likeness (QED) is 0.770. The summed E-state index contributed by atoms with van der Waals surface area (Å²) in [6, 6.07) is 6.34. The van der Waals surface area contributed by atoms with Crippen LogP contribution in [0.25, 0.3) is 0 Å². The Balaban J connectivity index is 2.50. The van der Waals surface area contributed by atoms with Crippen LogP contribution in [0.5, 0.6) is 0 Å². The highest BCUT2D eigenvalue weighted by Crippen LogP contribution is 2.28. The largest absolute Gasteiger partial charge is 0.313 e. The zero-order valence-corrected chi connectivity index (χ0v) is 11.9. The number of hydrogen-bond donors (Lipinski definition) is 1. The topological polar surface area (TPSA) is 12.0 Å². The number of rotatable bonds is 6. The summed E-state index contributed by atoms with van der Waals surface area (Å²) < 4.78 is 0. The Labute approximate surface area is 112 Å². The van der Waals surface area contributed by atoms with Crippen LogP contribution < -0.4 is 5.32 Å². The SMILES string of the molecule is CCNC(CC)CSc1ccc(Cl)c(Cl)c1. The van der Waals surface area contributed by atoms with Crippen LogP contribution in [0.4, 0.5) is 0 Å². The molecule has 0 saturated heterocycles. The summed E-state index contributed by atoms with van der Waals surface area (Å²) >= 11 is 13.6. The molecule has 0 aromatic heterocycles. The van der Waals surface area contributed by atoms with Crippen LogP contribution in [0.15, 0.2) is 23.1 Å². The molecule has 0 aliphatic heterocycles. The lowest BCUT2D eigenvalue weighted by atomic mass is 10.2. The lowest BCUT2D eigenvalue weighted by molar-refractivity contribution is 0.560. The third-order valence-electron chi connectivity index (χ3n) is 2.33. The molecule has 0 spiro atoms. The Hall–Kier alpha value is 0.110. The molecule has 1 rings (SSSR count). The fourth-order valence-electron chi connectivity index (χ4n) is 1.37. The molecule has 0 aliphatic carbocycles. The van der Waals surface area contributed by atoms with Gasteiger partial charge in [0.05, 0.1) is 10.0 Å². The Morgan fingerprint density at radius 2 is 2.00 bits per heavy atom. The smallest absolute Gasteiger partial charge is 0.0603 e. The van der Waals surface area contributed by atoms with E-state index in [-0.39, 0.29) is 0 Å². The maximum Gasteiger partial charge on any atom is 0.0603 e. The fourth-order valence-corrected chi connectivity index (χ4v) is 2.85. The molecule has 90 valence electrons. The van der Waals surface area contributed by atoms with E-state index in [1.807, 2.05) is 30.0 Å². The van der Waals surface area contributed by atoms with E-state index >= 15 is 0 Å². The van der Waals surface area contributed by atoms with Crippen molar-refractivity contribution in [3.63, 3.8) is 0 Å². The van der Waals surface area contributed by atoms with Gasteiger partial charge in [0.2, 0.25) is 0 Å². The van der Waals surface area contributed by atoms with E-state index in [1.165, 1.54) is 4.90 Å². The molecule has 0 saturated carbocycles. The number of halogens is 2. The molecule has 0 radical (unpaired) electrons. The van der Waals surface area contributed by atoms with Gasteiger partial charge in [0.1, 0.15) is 0 Å². The van der Waals surface area contributed by atoms with Crippen LogP contribution in [-0.4, -0.2) is 18.3 Å². The predicted molar refractivity (Wildman–Crippen MR) is 74.9 cm³/mol. The van der Waals surface area contributed by atoms with Crippen molar-refractivity contribution in [2.45, 2.75) is 31.2 Å². The second-order valence-electron chi connectivity index (χ2n) is 3.55. The van der Waals surface area contributed by atoms with Crippen molar-refractivity contribution in [3.05, 3.63) is 28.2 Å². The van der Waals surface area contributed by atoms with E-state index < -0.39 is 0 Å². The number of hydrogen-bond acceptors (Lipinski definition) is 2. The highest BCUT2D eigenvalue weighted by atomic mass is 35.5. The van der Waals surface area contributed by atoms with Gasteiger partial charge >= 0.3 is 0 Å². The van der Waals surface area contributed by atoms with Crippen LogP contribution in [-0.2, 0) is 0 Å². The second-order valence-corrected chi connectivity index (χ2v) is 5.46. The van der Waals surface area contributed by atoms with Crippen molar-refractivity contribution < 1.29 is 0 Å². The predicted octanol–water partition coefficient (Wildman–Crippen LogP) is 4.47. The molecule has 1 atom stereocenters. The minimum Gasteiger partial charge on any atom is -0.313 e. The van der Waals surface area contributed by atoms with Crippen molar-refractivity contribution in [2.24, 2.45) is 0 Å². The Morgan fingerprint density at radius 3 is 2.56 bits per heavy atom. The first-order valence-electron chi connectivity index (χ1n) is 5.48.